The van der Waals surface area contributed by atoms with Crippen LogP contribution < -0.4 is 10.7 Å². The zero-order chi connectivity index (χ0) is 23.8. The van der Waals surface area contributed by atoms with Gasteiger partial charge in [0.2, 0.25) is 0 Å². The SMILES string of the molecule is O=C1NCc2c1c(=Nc1ccc(C(=O)N3CCOCC3)cc1)cc(-c1c(F)cccc1F)n2O. The molecule has 0 radical (unpaired) electrons. The van der Waals surface area contributed by atoms with Crippen LogP contribution in [0, 0.1) is 11.6 Å². The molecule has 0 atom stereocenters. The molecule has 2 aliphatic heterocycles. The van der Waals surface area contributed by atoms with Crippen LogP contribution in [-0.4, -0.2) is 53.0 Å². The van der Waals surface area contributed by atoms with Gasteiger partial charge in [-0.15, -0.1) is 0 Å². The quantitative estimate of drug-likeness (QED) is 0.580. The molecule has 34 heavy (non-hydrogen) atoms. The largest absolute Gasteiger partial charge is 0.428 e. The number of carbonyl (C=O) groups is 2. The number of fused-ring (bicyclic) bond motifs is 1. The number of hydrogen-bond donors (Lipinski definition) is 2. The summed E-state index contributed by atoms with van der Waals surface area (Å²) in [4.78, 5) is 31.3. The Labute approximate surface area is 192 Å². The van der Waals surface area contributed by atoms with Crippen molar-refractivity contribution >= 4 is 17.5 Å². The number of halogens is 2. The van der Waals surface area contributed by atoms with Crippen LogP contribution in [0.25, 0.3) is 11.3 Å². The average Bonchev–Trinajstić information content (AvgIpc) is 3.24. The maximum atomic E-state index is 14.5. The Hall–Kier alpha value is -4.05. The van der Waals surface area contributed by atoms with Crippen LogP contribution >= 0.6 is 0 Å². The summed E-state index contributed by atoms with van der Waals surface area (Å²) in [6.07, 6.45) is 0. The Morgan fingerprint density at radius 1 is 1.03 bits per heavy atom. The normalized spacial score (nSPS) is 15.9. The molecule has 2 N–H and O–H groups in total. The van der Waals surface area contributed by atoms with E-state index in [1.165, 1.54) is 12.1 Å². The standard InChI is InChI=1S/C24H20F2N4O4/c25-16-2-1-3-17(26)21(16)19-12-18(22-20(30(19)33)13-27-23(22)31)28-15-6-4-14(5-7-15)24(32)29-8-10-34-11-9-29/h1-7,12,33H,8-11,13H2,(H,27,31). The number of rotatable bonds is 3. The molecular weight excluding hydrogens is 446 g/mol. The van der Waals surface area contributed by atoms with Gasteiger partial charge < -0.3 is 20.2 Å². The Kier molecular flexibility index (Phi) is 5.58. The molecule has 2 aromatic carbocycles. The Balaban J connectivity index is 1.58. The van der Waals surface area contributed by atoms with Gasteiger partial charge in [-0.3, -0.25) is 9.59 Å². The molecule has 5 rings (SSSR count). The summed E-state index contributed by atoms with van der Waals surface area (Å²) in [6.45, 7) is 2.01. The molecule has 0 unspecified atom stereocenters. The zero-order valence-corrected chi connectivity index (χ0v) is 17.9. The number of amides is 2. The van der Waals surface area contributed by atoms with Crippen molar-refractivity contribution in [2.45, 2.75) is 6.54 Å². The topological polar surface area (TPSA) is 96.2 Å². The lowest BCUT2D eigenvalue weighted by molar-refractivity contribution is 0.0303. The second-order valence-electron chi connectivity index (χ2n) is 7.89. The van der Waals surface area contributed by atoms with Crippen molar-refractivity contribution in [3.63, 3.8) is 0 Å². The summed E-state index contributed by atoms with van der Waals surface area (Å²) in [6, 6.07) is 11.1. The van der Waals surface area contributed by atoms with Crippen molar-refractivity contribution in [2.24, 2.45) is 4.99 Å². The maximum absolute atomic E-state index is 14.5. The van der Waals surface area contributed by atoms with Gasteiger partial charge in [-0.2, -0.15) is 4.73 Å². The summed E-state index contributed by atoms with van der Waals surface area (Å²) in [5.41, 5.74) is 0.550. The van der Waals surface area contributed by atoms with E-state index in [1.54, 1.807) is 29.2 Å². The van der Waals surface area contributed by atoms with Crippen LogP contribution in [-0.2, 0) is 11.3 Å². The van der Waals surface area contributed by atoms with E-state index in [1.807, 2.05) is 0 Å². The van der Waals surface area contributed by atoms with E-state index in [0.29, 0.717) is 42.3 Å². The highest BCUT2D eigenvalue weighted by Gasteiger charge is 2.28. The predicted octanol–water partition coefficient (Wildman–Crippen LogP) is 2.62. The molecule has 3 heterocycles. The van der Waals surface area contributed by atoms with Crippen LogP contribution in [0.1, 0.15) is 26.4 Å². The number of carbonyl (C=O) groups excluding carboxylic acids is 2. The summed E-state index contributed by atoms with van der Waals surface area (Å²) in [5, 5.41) is 13.4. The number of aromatic nitrogens is 1. The van der Waals surface area contributed by atoms with Crippen molar-refractivity contribution in [1.82, 2.24) is 14.9 Å². The van der Waals surface area contributed by atoms with Crippen molar-refractivity contribution in [1.29, 1.82) is 0 Å². The van der Waals surface area contributed by atoms with E-state index in [2.05, 4.69) is 10.3 Å². The summed E-state index contributed by atoms with van der Waals surface area (Å²) in [5.74, 6) is -2.31. The average molecular weight is 466 g/mol. The van der Waals surface area contributed by atoms with Crippen molar-refractivity contribution in [3.05, 3.63) is 82.3 Å². The fraction of sp³-hybridized carbons (Fsp3) is 0.208. The van der Waals surface area contributed by atoms with Crippen LogP contribution in [0.4, 0.5) is 14.5 Å². The van der Waals surface area contributed by atoms with Gasteiger partial charge in [0.05, 0.1) is 53.3 Å². The van der Waals surface area contributed by atoms with Gasteiger partial charge in [-0.25, -0.2) is 13.8 Å². The molecule has 8 nitrogen and oxygen atoms in total. The van der Waals surface area contributed by atoms with E-state index in [9.17, 15) is 23.6 Å². The van der Waals surface area contributed by atoms with Gasteiger partial charge in [0.15, 0.2) is 0 Å². The van der Waals surface area contributed by atoms with E-state index in [-0.39, 0.29) is 34.8 Å². The molecule has 0 aliphatic carbocycles. The van der Waals surface area contributed by atoms with Gasteiger partial charge in [-0.1, -0.05) is 6.07 Å². The lowest BCUT2D eigenvalue weighted by atomic mass is 10.1. The fourth-order valence-electron chi connectivity index (χ4n) is 4.10. The summed E-state index contributed by atoms with van der Waals surface area (Å²) >= 11 is 0. The first kappa shape index (κ1) is 21.8. The number of morpholine rings is 1. The van der Waals surface area contributed by atoms with Crippen molar-refractivity contribution < 1.29 is 28.3 Å². The number of benzene rings is 2. The minimum absolute atomic E-state index is 0.0237. The van der Waals surface area contributed by atoms with Gasteiger partial charge in [0.1, 0.15) is 11.6 Å². The van der Waals surface area contributed by atoms with E-state index in [0.717, 1.165) is 12.1 Å². The number of nitrogens with zero attached hydrogens (tertiary/aromatic N) is 3. The highest BCUT2D eigenvalue weighted by Crippen LogP contribution is 2.27. The third-order valence-corrected chi connectivity index (χ3v) is 5.83. The lowest BCUT2D eigenvalue weighted by Crippen LogP contribution is -2.40. The molecule has 1 aromatic heterocycles. The third-order valence-electron chi connectivity index (χ3n) is 5.83. The van der Waals surface area contributed by atoms with Crippen LogP contribution in [0.2, 0.25) is 0 Å². The first-order valence-corrected chi connectivity index (χ1v) is 10.7. The number of pyridine rings is 1. The third kappa shape index (κ3) is 3.81. The minimum Gasteiger partial charge on any atom is -0.428 e. The van der Waals surface area contributed by atoms with Gasteiger partial charge >= 0.3 is 0 Å². The molecule has 0 spiro atoms. The van der Waals surface area contributed by atoms with Crippen molar-refractivity contribution in [2.75, 3.05) is 26.3 Å². The van der Waals surface area contributed by atoms with Gasteiger partial charge in [-0.05, 0) is 42.5 Å². The molecule has 2 aliphatic rings. The molecule has 174 valence electrons. The predicted molar refractivity (Wildman–Crippen MR) is 117 cm³/mol. The molecule has 1 saturated heterocycles. The number of ether oxygens (including phenoxy) is 1. The highest BCUT2D eigenvalue weighted by molar-refractivity contribution is 5.98. The number of nitrogens with one attached hydrogen (secondary N) is 1. The second-order valence-corrected chi connectivity index (χ2v) is 7.89. The molecular formula is C24H20F2N4O4. The minimum atomic E-state index is -0.864. The highest BCUT2D eigenvalue weighted by atomic mass is 19.1. The fourth-order valence-corrected chi connectivity index (χ4v) is 4.10. The lowest BCUT2D eigenvalue weighted by Gasteiger charge is -2.26. The van der Waals surface area contributed by atoms with Gasteiger partial charge in [0, 0.05) is 18.7 Å². The van der Waals surface area contributed by atoms with E-state index >= 15 is 0 Å². The zero-order valence-electron chi connectivity index (χ0n) is 17.9. The summed E-state index contributed by atoms with van der Waals surface area (Å²) < 4.78 is 34.8. The molecule has 2 amide bonds. The molecule has 1 fully saturated rings. The van der Waals surface area contributed by atoms with Gasteiger partial charge in [0.25, 0.3) is 11.8 Å². The van der Waals surface area contributed by atoms with E-state index < -0.39 is 23.1 Å². The second kappa shape index (κ2) is 8.71. The number of hydrogen-bond acceptors (Lipinski definition) is 5. The van der Waals surface area contributed by atoms with E-state index in [4.69, 9.17) is 4.74 Å². The Bertz CT molecular complexity index is 1340. The molecule has 0 saturated carbocycles. The van der Waals surface area contributed by atoms with Crippen molar-refractivity contribution in [3.8, 4) is 11.3 Å². The van der Waals surface area contributed by atoms with Crippen LogP contribution in [0.15, 0.2) is 53.5 Å². The molecule has 0 bridgehead atoms. The first-order valence-electron chi connectivity index (χ1n) is 10.7. The smallest absolute Gasteiger partial charge is 0.255 e. The molecule has 10 heteroatoms. The maximum Gasteiger partial charge on any atom is 0.255 e. The van der Waals surface area contributed by atoms with Crippen LogP contribution in [0.3, 0.4) is 0 Å². The monoisotopic (exact) mass is 466 g/mol. The molecule has 3 aromatic rings. The van der Waals surface area contributed by atoms with Crippen LogP contribution in [0.5, 0.6) is 0 Å². The Morgan fingerprint density at radius 3 is 2.38 bits per heavy atom. The Morgan fingerprint density at radius 2 is 1.71 bits per heavy atom. The first-order chi connectivity index (χ1) is 16.4. The summed E-state index contributed by atoms with van der Waals surface area (Å²) in [7, 11) is 0.